The van der Waals surface area contributed by atoms with Gasteiger partial charge < -0.3 is 5.11 Å². The van der Waals surface area contributed by atoms with Crippen molar-refractivity contribution in [1.82, 2.24) is 0 Å². The van der Waals surface area contributed by atoms with Gasteiger partial charge in [0, 0.05) is 5.56 Å². The zero-order valence-corrected chi connectivity index (χ0v) is 8.12. The molecular formula is C11H8O2S. The Kier molecular flexibility index (Phi) is 2.33. The number of benzene rings is 1. The Bertz CT molecular complexity index is 429. The molecule has 0 fully saturated rings. The summed E-state index contributed by atoms with van der Waals surface area (Å²) in [6, 6.07) is 9.91. The fraction of sp³-hybridized carbons (Fsp3) is 0. The minimum Gasteiger partial charge on any atom is -0.508 e. The van der Waals surface area contributed by atoms with Crippen LogP contribution in [0.25, 0.3) is 0 Å². The van der Waals surface area contributed by atoms with Crippen molar-refractivity contribution in [2.24, 2.45) is 0 Å². The van der Waals surface area contributed by atoms with Gasteiger partial charge in [0.05, 0.1) is 4.88 Å². The molecule has 0 bridgehead atoms. The number of phenols is 1. The Labute approximate surface area is 85.4 Å². The van der Waals surface area contributed by atoms with Crippen LogP contribution in [0.3, 0.4) is 0 Å². The number of hydrogen-bond donors (Lipinski definition) is 1. The van der Waals surface area contributed by atoms with Crippen LogP contribution in [-0.2, 0) is 0 Å². The second-order valence-corrected chi connectivity index (χ2v) is 3.80. The molecule has 14 heavy (non-hydrogen) atoms. The minimum absolute atomic E-state index is 0.000000000000000444. The number of carbonyl (C=O) groups excluding carboxylic acids is 1. The van der Waals surface area contributed by atoms with Gasteiger partial charge in [0.25, 0.3) is 0 Å². The zero-order chi connectivity index (χ0) is 9.97. The van der Waals surface area contributed by atoms with Gasteiger partial charge in [-0.25, -0.2) is 0 Å². The van der Waals surface area contributed by atoms with Crippen molar-refractivity contribution in [3.05, 3.63) is 52.2 Å². The van der Waals surface area contributed by atoms with E-state index < -0.39 is 0 Å². The summed E-state index contributed by atoms with van der Waals surface area (Å²) in [5.41, 5.74) is 0.602. The Morgan fingerprint density at radius 3 is 2.43 bits per heavy atom. The quantitative estimate of drug-likeness (QED) is 0.763. The van der Waals surface area contributed by atoms with Gasteiger partial charge in [0.1, 0.15) is 5.75 Å². The fourth-order valence-corrected chi connectivity index (χ4v) is 1.85. The van der Waals surface area contributed by atoms with Gasteiger partial charge in [-0.2, -0.15) is 0 Å². The molecule has 0 aliphatic carbocycles. The second-order valence-electron chi connectivity index (χ2n) is 2.85. The van der Waals surface area contributed by atoms with Crippen molar-refractivity contribution in [1.29, 1.82) is 0 Å². The first-order valence-corrected chi connectivity index (χ1v) is 5.02. The number of aromatic hydroxyl groups is 1. The van der Waals surface area contributed by atoms with Crippen LogP contribution in [0.1, 0.15) is 15.2 Å². The van der Waals surface area contributed by atoms with E-state index in [9.17, 15) is 4.79 Å². The maximum absolute atomic E-state index is 11.7. The molecule has 0 amide bonds. The maximum atomic E-state index is 11.7. The molecule has 0 spiro atoms. The summed E-state index contributed by atoms with van der Waals surface area (Å²) in [4.78, 5) is 12.5. The number of phenolic OH excluding ortho intramolecular Hbond substituents is 1. The Hall–Kier alpha value is -1.61. The summed E-state index contributed by atoms with van der Waals surface area (Å²) in [6.45, 7) is 0. The normalized spacial score (nSPS) is 10.0. The van der Waals surface area contributed by atoms with Crippen molar-refractivity contribution >= 4 is 17.1 Å². The molecule has 0 saturated carbocycles. The average molecular weight is 204 g/mol. The van der Waals surface area contributed by atoms with Crippen LogP contribution < -0.4 is 0 Å². The molecule has 0 radical (unpaired) electrons. The smallest absolute Gasteiger partial charge is 0.202 e. The summed E-state index contributed by atoms with van der Waals surface area (Å²) in [7, 11) is 0. The molecule has 0 aliphatic heterocycles. The fourth-order valence-electron chi connectivity index (χ4n) is 1.16. The Balaban J connectivity index is 2.33. The molecule has 70 valence electrons. The van der Waals surface area contributed by atoms with Gasteiger partial charge in [-0.15, -0.1) is 11.3 Å². The molecule has 2 rings (SSSR count). The number of hydrogen-bond acceptors (Lipinski definition) is 3. The van der Waals surface area contributed by atoms with Crippen molar-refractivity contribution in [2.75, 3.05) is 0 Å². The van der Waals surface area contributed by atoms with E-state index in [4.69, 9.17) is 5.11 Å². The van der Waals surface area contributed by atoms with E-state index >= 15 is 0 Å². The van der Waals surface area contributed by atoms with Crippen LogP contribution in [0.2, 0.25) is 0 Å². The molecule has 1 aromatic carbocycles. The molecule has 0 atom stereocenters. The van der Waals surface area contributed by atoms with Crippen LogP contribution >= 0.6 is 11.3 Å². The van der Waals surface area contributed by atoms with Crippen LogP contribution in [0.4, 0.5) is 0 Å². The van der Waals surface area contributed by atoms with E-state index in [1.165, 1.54) is 23.5 Å². The first-order valence-electron chi connectivity index (χ1n) is 4.14. The predicted molar refractivity (Wildman–Crippen MR) is 55.9 cm³/mol. The SMILES string of the molecule is O=C(c1ccc(O)cc1)c1cccs1. The third-order valence-electron chi connectivity index (χ3n) is 1.87. The van der Waals surface area contributed by atoms with Crippen molar-refractivity contribution < 1.29 is 9.90 Å². The third kappa shape index (κ3) is 1.67. The highest BCUT2D eigenvalue weighted by molar-refractivity contribution is 7.12. The second kappa shape index (κ2) is 3.64. The Morgan fingerprint density at radius 1 is 1.14 bits per heavy atom. The van der Waals surface area contributed by atoms with Gasteiger partial charge in [-0.3, -0.25) is 4.79 Å². The molecule has 2 aromatic rings. The van der Waals surface area contributed by atoms with Crippen LogP contribution in [0, 0.1) is 0 Å². The highest BCUT2D eigenvalue weighted by Crippen LogP contribution is 2.17. The largest absolute Gasteiger partial charge is 0.508 e. The standard InChI is InChI=1S/C11H8O2S/c12-9-5-3-8(4-6-9)11(13)10-2-1-7-14-10/h1-7,12H. The minimum atomic E-state index is 0.000000000000000444. The van der Waals surface area contributed by atoms with Gasteiger partial charge >= 0.3 is 0 Å². The number of thiophene rings is 1. The van der Waals surface area contributed by atoms with Crippen molar-refractivity contribution in [2.45, 2.75) is 0 Å². The summed E-state index contributed by atoms with van der Waals surface area (Å²) in [5, 5.41) is 10.9. The average Bonchev–Trinajstić information content (AvgIpc) is 2.71. The van der Waals surface area contributed by atoms with E-state index in [0.29, 0.717) is 5.56 Å². The van der Waals surface area contributed by atoms with Crippen molar-refractivity contribution in [3.8, 4) is 5.75 Å². The summed E-state index contributed by atoms with van der Waals surface area (Å²) in [5.74, 6) is 0.174. The Morgan fingerprint density at radius 2 is 1.86 bits per heavy atom. The molecule has 0 unspecified atom stereocenters. The summed E-state index contributed by atoms with van der Waals surface area (Å²) >= 11 is 1.42. The van der Waals surface area contributed by atoms with E-state index in [1.807, 2.05) is 11.4 Å². The zero-order valence-electron chi connectivity index (χ0n) is 7.31. The number of rotatable bonds is 2. The molecule has 3 heteroatoms. The number of ketones is 1. The molecule has 0 aliphatic rings. The molecule has 2 nitrogen and oxygen atoms in total. The summed E-state index contributed by atoms with van der Waals surface area (Å²) < 4.78 is 0. The molecule has 1 N–H and O–H groups in total. The van der Waals surface area contributed by atoms with E-state index in [1.54, 1.807) is 18.2 Å². The highest BCUT2D eigenvalue weighted by Gasteiger charge is 2.08. The molecule has 1 aromatic heterocycles. The third-order valence-corrected chi connectivity index (χ3v) is 2.74. The van der Waals surface area contributed by atoms with Crippen LogP contribution in [0.15, 0.2) is 41.8 Å². The summed E-state index contributed by atoms with van der Waals surface area (Å²) in [6.07, 6.45) is 0. The lowest BCUT2D eigenvalue weighted by Crippen LogP contribution is -1.97. The maximum Gasteiger partial charge on any atom is 0.202 e. The lowest BCUT2D eigenvalue weighted by Gasteiger charge is -1.97. The highest BCUT2D eigenvalue weighted by atomic mass is 32.1. The number of carbonyl (C=O) groups is 1. The molecular weight excluding hydrogens is 196 g/mol. The topological polar surface area (TPSA) is 37.3 Å². The lowest BCUT2D eigenvalue weighted by molar-refractivity contribution is 0.104. The van der Waals surface area contributed by atoms with Crippen LogP contribution in [-0.4, -0.2) is 10.9 Å². The van der Waals surface area contributed by atoms with E-state index in [-0.39, 0.29) is 11.5 Å². The lowest BCUT2D eigenvalue weighted by atomic mass is 10.1. The van der Waals surface area contributed by atoms with Crippen molar-refractivity contribution in [3.63, 3.8) is 0 Å². The first-order chi connectivity index (χ1) is 6.77. The van der Waals surface area contributed by atoms with Crippen LogP contribution in [0.5, 0.6) is 5.75 Å². The first kappa shape index (κ1) is 8.97. The van der Waals surface area contributed by atoms with E-state index in [0.717, 1.165) is 4.88 Å². The molecule has 1 heterocycles. The van der Waals surface area contributed by atoms with Gasteiger partial charge in [-0.1, -0.05) is 6.07 Å². The molecule has 0 saturated heterocycles. The monoisotopic (exact) mass is 204 g/mol. The van der Waals surface area contributed by atoms with Gasteiger partial charge in [-0.05, 0) is 35.7 Å². The predicted octanol–water partition coefficient (Wildman–Crippen LogP) is 2.68. The van der Waals surface area contributed by atoms with Gasteiger partial charge in [0.2, 0.25) is 5.78 Å². The van der Waals surface area contributed by atoms with E-state index in [2.05, 4.69) is 0 Å². The van der Waals surface area contributed by atoms with Gasteiger partial charge in [0.15, 0.2) is 0 Å².